The molecular formula is C18H17BrN4O7. The van der Waals surface area contributed by atoms with Gasteiger partial charge in [0, 0.05) is 23.3 Å². The molecule has 12 heteroatoms. The van der Waals surface area contributed by atoms with E-state index >= 15 is 0 Å². The van der Waals surface area contributed by atoms with Gasteiger partial charge in [-0.15, -0.1) is 0 Å². The first-order valence-corrected chi connectivity index (χ1v) is 9.05. The van der Waals surface area contributed by atoms with Crippen molar-refractivity contribution < 1.29 is 29.1 Å². The maximum absolute atomic E-state index is 12.2. The van der Waals surface area contributed by atoms with E-state index in [1.807, 2.05) is 0 Å². The minimum absolute atomic E-state index is 0.0192. The number of nitro groups is 1. The van der Waals surface area contributed by atoms with Crippen LogP contribution in [0.15, 0.2) is 39.9 Å². The van der Waals surface area contributed by atoms with Crippen LogP contribution in [-0.4, -0.2) is 48.8 Å². The number of carbonyl (C=O) groups excluding carboxylic acids is 2. The second-order valence-corrected chi connectivity index (χ2v) is 6.52. The first-order chi connectivity index (χ1) is 14.3. The highest BCUT2D eigenvalue weighted by Crippen LogP contribution is 2.31. The van der Waals surface area contributed by atoms with Gasteiger partial charge >= 0.3 is 0 Å². The molecule has 2 amide bonds. The number of halogens is 1. The maximum Gasteiger partial charge on any atom is 0.271 e. The van der Waals surface area contributed by atoms with Gasteiger partial charge in [-0.25, -0.2) is 5.43 Å². The van der Waals surface area contributed by atoms with Crippen LogP contribution >= 0.6 is 15.9 Å². The van der Waals surface area contributed by atoms with Crippen LogP contribution in [0.25, 0.3) is 0 Å². The van der Waals surface area contributed by atoms with Crippen LogP contribution in [0.2, 0.25) is 0 Å². The molecule has 0 aromatic heterocycles. The highest BCUT2D eigenvalue weighted by molar-refractivity contribution is 9.10. The molecule has 0 fully saturated rings. The SMILES string of the molecule is COc1ccc(C(=O)NCC(=O)N/N=C\c2cc([N+](=O)[O-])cc(Br)c2O)cc1OC. The Hall–Kier alpha value is -3.67. The zero-order valence-electron chi connectivity index (χ0n) is 15.8. The van der Waals surface area contributed by atoms with Crippen LogP contribution in [0.1, 0.15) is 15.9 Å². The van der Waals surface area contributed by atoms with E-state index in [4.69, 9.17) is 9.47 Å². The second-order valence-electron chi connectivity index (χ2n) is 5.67. The van der Waals surface area contributed by atoms with Crippen LogP contribution in [-0.2, 0) is 4.79 Å². The van der Waals surface area contributed by atoms with Crippen molar-refractivity contribution in [2.45, 2.75) is 0 Å². The molecule has 30 heavy (non-hydrogen) atoms. The maximum atomic E-state index is 12.2. The van der Waals surface area contributed by atoms with E-state index < -0.39 is 16.7 Å². The molecular weight excluding hydrogens is 464 g/mol. The molecule has 0 heterocycles. The summed E-state index contributed by atoms with van der Waals surface area (Å²) in [5.74, 6) is -0.626. The summed E-state index contributed by atoms with van der Waals surface area (Å²) >= 11 is 3.00. The number of hydrogen-bond donors (Lipinski definition) is 3. The summed E-state index contributed by atoms with van der Waals surface area (Å²) < 4.78 is 10.3. The fraction of sp³-hybridized carbons (Fsp3) is 0.167. The van der Waals surface area contributed by atoms with Crippen LogP contribution in [0.4, 0.5) is 5.69 Å². The van der Waals surface area contributed by atoms with E-state index in [1.165, 1.54) is 26.4 Å². The standard InChI is InChI=1S/C18H17BrN4O7/c1-29-14-4-3-10(6-15(14)30-2)18(26)20-9-16(24)22-21-8-11-5-12(23(27)28)7-13(19)17(11)25/h3-8,25H,9H2,1-2H3,(H,20,26)(H,22,24)/b21-8-. The molecule has 0 atom stereocenters. The number of ether oxygens (including phenoxy) is 2. The number of methoxy groups -OCH3 is 2. The van der Waals surface area contributed by atoms with Crippen molar-refractivity contribution in [3.05, 3.63) is 56.0 Å². The van der Waals surface area contributed by atoms with Gasteiger partial charge in [-0.2, -0.15) is 5.10 Å². The van der Waals surface area contributed by atoms with Gasteiger partial charge in [0.15, 0.2) is 11.5 Å². The van der Waals surface area contributed by atoms with Crippen molar-refractivity contribution in [3.63, 3.8) is 0 Å². The molecule has 0 spiro atoms. The van der Waals surface area contributed by atoms with E-state index in [2.05, 4.69) is 31.8 Å². The lowest BCUT2D eigenvalue weighted by Crippen LogP contribution is -2.34. The number of phenolic OH excluding ortho intramolecular Hbond substituents is 1. The number of hydrogen-bond acceptors (Lipinski definition) is 8. The zero-order valence-corrected chi connectivity index (χ0v) is 17.4. The van der Waals surface area contributed by atoms with E-state index in [1.54, 1.807) is 6.07 Å². The molecule has 2 aromatic carbocycles. The summed E-state index contributed by atoms with van der Waals surface area (Å²) in [7, 11) is 2.90. The molecule has 2 aromatic rings. The van der Waals surface area contributed by atoms with E-state index in [9.17, 15) is 24.8 Å². The zero-order chi connectivity index (χ0) is 22.3. The molecule has 0 saturated heterocycles. The van der Waals surface area contributed by atoms with Gasteiger partial charge in [0.2, 0.25) is 0 Å². The largest absolute Gasteiger partial charge is 0.506 e. The van der Waals surface area contributed by atoms with Crippen LogP contribution in [0.3, 0.4) is 0 Å². The number of phenols is 1. The Bertz CT molecular complexity index is 1010. The summed E-state index contributed by atoms with van der Waals surface area (Å²) in [6.45, 7) is -0.380. The molecule has 0 unspecified atom stereocenters. The Kier molecular flexibility index (Phi) is 7.69. The van der Waals surface area contributed by atoms with Crippen molar-refractivity contribution in [1.29, 1.82) is 0 Å². The number of rotatable bonds is 8. The van der Waals surface area contributed by atoms with Crippen molar-refractivity contribution in [1.82, 2.24) is 10.7 Å². The van der Waals surface area contributed by atoms with E-state index in [0.717, 1.165) is 18.3 Å². The summed E-state index contributed by atoms with van der Waals surface area (Å²) in [6, 6.07) is 6.76. The Morgan fingerprint density at radius 1 is 1.23 bits per heavy atom. The Balaban J connectivity index is 1.96. The third-order valence-corrected chi connectivity index (χ3v) is 4.34. The number of carbonyl (C=O) groups is 2. The van der Waals surface area contributed by atoms with Gasteiger partial charge in [-0.3, -0.25) is 19.7 Å². The average molecular weight is 481 g/mol. The first kappa shape index (κ1) is 22.6. The van der Waals surface area contributed by atoms with Crippen molar-refractivity contribution in [3.8, 4) is 17.2 Å². The van der Waals surface area contributed by atoms with Crippen LogP contribution in [0.5, 0.6) is 17.2 Å². The summed E-state index contributed by atoms with van der Waals surface area (Å²) in [4.78, 5) is 34.3. The summed E-state index contributed by atoms with van der Waals surface area (Å²) in [6.07, 6.45) is 1.04. The third kappa shape index (κ3) is 5.67. The topological polar surface area (TPSA) is 152 Å². The number of hydrazone groups is 1. The summed E-state index contributed by atoms with van der Waals surface area (Å²) in [5.41, 5.74) is 2.16. The third-order valence-electron chi connectivity index (χ3n) is 3.74. The number of nitrogens with one attached hydrogen (secondary N) is 2. The minimum atomic E-state index is -0.649. The molecule has 2 rings (SSSR count). The van der Waals surface area contributed by atoms with Gasteiger partial charge < -0.3 is 19.9 Å². The summed E-state index contributed by atoms with van der Waals surface area (Å²) in [5, 5.41) is 26.8. The van der Waals surface area contributed by atoms with E-state index in [-0.39, 0.29) is 33.6 Å². The molecule has 0 saturated carbocycles. The normalized spacial score (nSPS) is 10.5. The highest BCUT2D eigenvalue weighted by Gasteiger charge is 2.14. The highest BCUT2D eigenvalue weighted by atomic mass is 79.9. The van der Waals surface area contributed by atoms with E-state index in [0.29, 0.717) is 11.5 Å². The van der Waals surface area contributed by atoms with Crippen LogP contribution < -0.4 is 20.2 Å². The average Bonchev–Trinajstić information content (AvgIpc) is 2.74. The molecule has 0 aliphatic rings. The quantitative estimate of drug-likeness (QED) is 0.296. The van der Waals surface area contributed by atoms with Crippen molar-refractivity contribution in [2.24, 2.45) is 5.10 Å². The van der Waals surface area contributed by atoms with Gasteiger partial charge in [0.25, 0.3) is 17.5 Å². The van der Waals surface area contributed by atoms with Gasteiger partial charge in [-0.1, -0.05) is 0 Å². The fourth-order valence-electron chi connectivity index (χ4n) is 2.26. The van der Waals surface area contributed by atoms with Gasteiger partial charge in [0.1, 0.15) is 5.75 Å². The first-order valence-electron chi connectivity index (χ1n) is 8.25. The Morgan fingerprint density at radius 3 is 2.57 bits per heavy atom. The molecule has 158 valence electrons. The molecule has 3 N–H and O–H groups in total. The Labute approximate surface area is 179 Å². The lowest BCUT2D eigenvalue weighted by molar-refractivity contribution is -0.385. The Morgan fingerprint density at radius 2 is 1.93 bits per heavy atom. The molecule has 11 nitrogen and oxygen atoms in total. The molecule has 0 aliphatic carbocycles. The minimum Gasteiger partial charge on any atom is -0.506 e. The second kappa shape index (κ2) is 10.2. The molecule has 0 radical (unpaired) electrons. The monoisotopic (exact) mass is 480 g/mol. The molecule has 0 bridgehead atoms. The lowest BCUT2D eigenvalue weighted by atomic mass is 10.2. The number of benzene rings is 2. The van der Waals surface area contributed by atoms with Crippen molar-refractivity contribution in [2.75, 3.05) is 20.8 Å². The predicted octanol–water partition coefficient (Wildman–Crippen LogP) is 1.96. The van der Waals surface area contributed by atoms with Gasteiger partial charge in [0.05, 0.1) is 36.4 Å². The smallest absolute Gasteiger partial charge is 0.271 e. The van der Waals surface area contributed by atoms with Crippen molar-refractivity contribution >= 4 is 39.6 Å². The molecule has 0 aliphatic heterocycles. The van der Waals surface area contributed by atoms with Gasteiger partial charge in [-0.05, 0) is 34.1 Å². The number of amides is 2. The lowest BCUT2D eigenvalue weighted by Gasteiger charge is -2.09. The number of nitrogens with zero attached hydrogens (tertiary/aromatic N) is 2. The fourth-order valence-corrected chi connectivity index (χ4v) is 2.73. The number of non-ortho nitro benzene ring substituents is 1. The predicted molar refractivity (Wildman–Crippen MR) is 110 cm³/mol. The number of nitro benzene ring substituents is 1. The number of aromatic hydroxyl groups is 1. The van der Waals surface area contributed by atoms with Crippen LogP contribution in [0, 0.1) is 10.1 Å².